The molecule has 41 heavy (non-hydrogen) atoms. The number of esters is 1. The molecule has 0 spiro atoms. The molecule has 0 unspecified atom stereocenters. The highest BCUT2D eigenvalue weighted by atomic mass is 32.2. The Hall–Kier alpha value is -3.27. The van der Waals surface area contributed by atoms with Gasteiger partial charge in [-0.2, -0.15) is 18.2 Å². The van der Waals surface area contributed by atoms with Crippen LogP contribution in [0.5, 0.6) is 5.88 Å². The van der Waals surface area contributed by atoms with E-state index in [4.69, 9.17) is 13.9 Å². The number of alkyl halides is 3. The molecule has 0 aliphatic rings. The molecule has 0 N–H and O–H groups in total. The molecule has 0 fully saturated rings. The Labute approximate surface area is 242 Å². The molecule has 0 amide bonds. The van der Waals surface area contributed by atoms with E-state index in [-0.39, 0.29) is 33.9 Å². The number of hydrogen-bond donors (Lipinski definition) is 0. The number of carbonyl (C=O) groups is 1. The normalized spacial score (nSPS) is 11.5. The molecule has 0 atom stereocenters. The van der Waals surface area contributed by atoms with Crippen LogP contribution in [0.15, 0.2) is 68.7 Å². The average molecular weight is 592 g/mol. The zero-order valence-corrected chi connectivity index (χ0v) is 24.1. The van der Waals surface area contributed by atoms with Crippen LogP contribution >= 0.6 is 11.8 Å². The number of benzene rings is 1. The molecule has 0 radical (unpaired) electrons. The predicted octanol–water partition coefficient (Wildman–Crippen LogP) is 8.87. The average Bonchev–Trinajstić information content (AvgIpc) is 2.92. The molecule has 1 aromatic carbocycles. The Morgan fingerprint density at radius 1 is 0.902 bits per heavy atom. The van der Waals surface area contributed by atoms with Gasteiger partial charge in [0.1, 0.15) is 0 Å². The molecule has 2 aromatic heterocycles. The van der Waals surface area contributed by atoms with Crippen molar-refractivity contribution in [1.29, 1.82) is 0 Å². The van der Waals surface area contributed by atoms with Gasteiger partial charge in [0, 0.05) is 21.9 Å². The largest absolute Gasteiger partial charge is 0.478 e. The molecule has 2 heterocycles. The van der Waals surface area contributed by atoms with Crippen molar-refractivity contribution in [2.75, 3.05) is 13.2 Å². The van der Waals surface area contributed by atoms with Crippen LogP contribution < -0.4 is 10.4 Å². The molecular formula is C31H36F3NO5S. The minimum absolute atomic E-state index is 0.0406. The van der Waals surface area contributed by atoms with E-state index < -0.39 is 11.1 Å². The summed E-state index contributed by atoms with van der Waals surface area (Å²) in [6.07, 6.45) is 11.0. The van der Waals surface area contributed by atoms with E-state index in [2.05, 4.69) is 11.6 Å². The standard InChI is InChI=1S/C31H36F3NO5S/c1-22(2)29(36)39-20-12-10-8-6-4-3-5-7-9-11-19-38-27-18-15-24-21-26(30(37)40-28(24)35-27)23-13-16-25(17-14-23)41-31(32,33)34/h13-18,21H,1,3-12,19-20H2,2H3. The fourth-order valence-corrected chi connectivity index (χ4v) is 4.72. The van der Waals surface area contributed by atoms with Gasteiger partial charge in [0.2, 0.25) is 11.6 Å². The van der Waals surface area contributed by atoms with Gasteiger partial charge in [-0.3, -0.25) is 0 Å². The first-order valence-electron chi connectivity index (χ1n) is 13.9. The highest BCUT2D eigenvalue weighted by Gasteiger charge is 2.29. The van der Waals surface area contributed by atoms with Crippen LogP contribution in [0.2, 0.25) is 0 Å². The van der Waals surface area contributed by atoms with E-state index in [1.807, 2.05) is 0 Å². The minimum Gasteiger partial charge on any atom is -0.478 e. The lowest BCUT2D eigenvalue weighted by Crippen LogP contribution is -2.05. The number of aromatic nitrogens is 1. The van der Waals surface area contributed by atoms with Gasteiger partial charge in [-0.25, -0.2) is 9.59 Å². The first-order valence-corrected chi connectivity index (χ1v) is 14.7. The van der Waals surface area contributed by atoms with Crippen LogP contribution in [-0.4, -0.2) is 29.7 Å². The Balaban J connectivity index is 1.31. The summed E-state index contributed by atoms with van der Waals surface area (Å²) in [4.78, 5) is 28.2. The Kier molecular flexibility index (Phi) is 12.8. The number of unbranched alkanes of at least 4 members (excludes halogenated alkanes) is 9. The number of rotatable bonds is 17. The number of carbonyl (C=O) groups excluding carboxylic acids is 1. The maximum Gasteiger partial charge on any atom is 0.446 e. The summed E-state index contributed by atoms with van der Waals surface area (Å²) in [6, 6.07) is 10.6. The lowest BCUT2D eigenvalue weighted by atomic mass is 10.1. The molecule has 3 rings (SSSR count). The van der Waals surface area contributed by atoms with Gasteiger partial charge in [-0.1, -0.05) is 70.1 Å². The van der Waals surface area contributed by atoms with Crippen LogP contribution in [0.1, 0.15) is 71.1 Å². The summed E-state index contributed by atoms with van der Waals surface area (Å²) in [5.74, 6) is 0.0565. The zero-order chi connectivity index (χ0) is 29.7. The van der Waals surface area contributed by atoms with Crippen LogP contribution in [0.25, 0.3) is 22.2 Å². The van der Waals surface area contributed by atoms with Gasteiger partial charge in [-0.15, -0.1) is 0 Å². The van der Waals surface area contributed by atoms with E-state index in [9.17, 15) is 22.8 Å². The van der Waals surface area contributed by atoms with Crippen LogP contribution in [0, 0.1) is 0 Å². The van der Waals surface area contributed by atoms with E-state index >= 15 is 0 Å². The van der Waals surface area contributed by atoms with Gasteiger partial charge in [0.05, 0.1) is 18.8 Å². The zero-order valence-electron chi connectivity index (χ0n) is 23.3. The third-order valence-electron chi connectivity index (χ3n) is 6.34. The number of hydrogen-bond acceptors (Lipinski definition) is 7. The quantitative estimate of drug-likeness (QED) is 0.0671. The molecule has 0 aliphatic carbocycles. The Morgan fingerprint density at radius 3 is 2.07 bits per heavy atom. The smallest absolute Gasteiger partial charge is 0.446 e. The number of nitrogens with zero attached hydrogens (tertiary/aromatic N) is 1. The van der Waals surface area contributed by atoms with Crippen LogP contribution in [0.4, 0.5) is 13.2 Å². The minimum atomic E-state index is -4.37. The number of halogens is 3. The van der Waals surface area contributed by atoms with Gasteiger partial charge < -0.3 is 13.9 Å². The number of thioether (sulfide) groups is 1. The van der Waals surface area contributed by atoms with Gasteiger partial charge in [-0.05, 0) is 61.4 Å². The molecule has 0 saturated heterocycles. The van der Waals surface area contributed by atoms with Crippen molar-refractivity contribution in [2.45, 2.75) is 81.5 Å². The van der Waals surface area contributed by atoms with E-state index in [0.29, 0.717) is 35.6 Å². The van der Waals surface area contributed by atoms with Gasteiger partial charge >= 0.3 is 17.1 Å². The molecule has 6 nitrogen and oxygen atoms in total. The third-order valence-corrected chi connectivity index (χ3v) is 7.08. The lowest BCUT2D eigenvalue weighted by molar-refractivity contribution is -0.139. The van der Waals surface area contributed by atoms with Crippen LogP contribution in [-0.2, 0) is 9.53 Å². The molecule has 222 valence electrons. The second-order valence-electron chi connectivity index (χ2n) is 9.86. The van der Waals surface area contributed by atoms with E-state index in [0.717, 1.165) is 38.5 Å². The van der Waals surface area contributed by atoms with Crippen molar-refractivity contribution < 1.29 is 31.9 Å². The van der Waals surface area contributed by atoms with Crippen molar-refractivity contribution in [3.63, 3.8) is 0 Å². The fraction of sp³-hybridized carbons (Fsp3) is 0.452. The molecule has 0 aliphatic heterocycles. The van der Waals surface area contributed by atoms with Crippen molar-refractivity contribution in [3.05, 3.63) is 65.0 Å². The maximum atomic E-state index is 12.6. The number of pyridine rings is 1. The first-order chi connectivity index (χ1) is 19.6. The van der Waals surface area contributed by atoms with Gasteiger partial charge in [0.15, 0.2) is 0 Å². The molecule has 3 aromatic rings. The van der Waals surface area contributed by atoms with E-state index in [1.165, 1.54) is 49.9 Å². The number of ether oxygens (including phenoxy) is 2. The summed E-state index contributed by atoms with van der Waals surface area (Å²) in [5, 5.41) is 0.590. The highest BCUT2D eigenvalue weighted by Crippen LogP contribution is 2.37. The van der Waals surface area contributed by atoms with E-state index in [1.54, 1.807) is 25.1 Å². The van der Waals surface area contributed by atoms with Crippen LogP contribution in [0.3, 0.4) is 0 Å². The topological polar surface area (TPSA) is 78.6 Å². The van der Waals surface area contributed by atoms with Crippen molar-refractivity contribution in [2.24, 2.45) is 0 Å². The van der Waals surface area contributed by atoms with Crippen molar-refractivity contribution in [3.8, 4) is 17.0 Å². The number of fused-ring (bicyclic) bond motifs is 1. The van der Waals surface area contributed by atoms with Crippen molar-refractivity contribution in [1.82, 2.24) is 4.98 Å². The summed E-state index contributed by atoms with van der Waals surface area (Å²) in [5.41, 5.74) is -3.70. The first kappa shape index (κ1) is 32.2. The summed E-state index contributed by atoms with van der Waals surface area (Å²) in [6.45, 7) is 6.19. The Bertz CT molecular complexity index is 1340. The second-order valence-corrected chi connectivity index (χ2v) is 11.0. The summed E-state index contributed by atoms with van der Waals surface area (Å²) in [7, 11) is 0. The second kappa shape index (κ2) is 16.2. The maximum absolute atomic E-state index is 12.6. The Morgan fingerprint density at radius 2 is 1.49 bits per heavy atom. The fourth-order valence-electron chi connectivity index (χ4n) is 4.18. The molecular weight excluding hydrogens is 555 g/mol. The molecule has 0 saturated carbocycles. The molecule has 0 bridgehead atoms. The highest BCUT2D eigenvalue weighted by molar-refractivity contribution is 8.00. The molecule has 10 heteroatoms. The lowest BCUT2D eigenvalue weighted by Gasteiger charge is -2.08. The monoisotopic (exact) mass is 591 g/mol. The SMILES string of the molecule is C=C(C)C(=O)OCCCCCCCCCCCCOc1ccc2cc(-c3ccc(SC(F)(F)F)cc3)c(=O)oc2n1. The van der Waals surface area contributed by atoms with Gasteiger partial charge in [0.25, 0.3) is 0 Å². The van der Waals surface area contributed by atoms with Crippen molar-refractivity contribution >= 4 is 28.8 Å². The summed E-state index contributed by atoms with van der Waals surface area (Å²) >= 11 is -0.207. The predicted molar refractivity (Wildman–Crippen MR) is 155 cm³/mol. The third kappa shape index (κ3) is 11.6. The summed E-state index contributed by atoms with van der Waals surface area (Å²) < 4.78 is 53.9.